The lowest BCUT2D eigenvalue weighted by atomic mass is 10.00. The van der Waals surface area contributed by atoms with E-state index < -0.39 is 12.2 Å². The number of rotatable bonds is 7. The number of aryl methyl sites for hydroxylation is 2. The molecule has 0 aliphatic carbocycles. The van der Waals surface area contributed by atoms with Gasteiger partial charge in [-0.1, -0.05) is 32.0 Å². The normalized spacial score (nSPS) is 13.6. The van der Waals surface area contributed by atoms with Gasteiger partial charge in [0.2, 0.25) is 0 Å². The average Bonchev–Trinajstić information content (AvgIpc) is 2.60. The Labute approximate surface area is 137 Å². The summed E-state index contributed by atoms with van der Waals surface area (Å²) in [6.45, 7) is 4.01. The van der Waals surface area contributed by atoms with Gasteiger partial charge in [-0.2, -0.15) is 0 Å². The second-order valence-corrected chi connectivity index (χ2v) is 5.57. The predicted molar refractivity (Wildman–Crippen MR) is 89.8 cm³/mol. The van der Waals surface area contributed by atoms with E-state index in [1.165, 1.54) is 11.6 Å². The molecule has 0 aliphatic rings. The number of phenols is 1. The van der Waals surface area contributed by atoms with Gasteiger partial charge in [-0.15, -0.1) is 0 Å². The Kier molecular flexibility index (Phi) is 6.02. The lowest BCUT2D eigenvalue weighted by Gasteiger charge is -2.20. The van der Waals surface area contributed by atoms with Gasteiger partial charge in [0.1, 0.15) is 30.3 Å². The van der Waals surface area contributed by atoms with Gasteiger partial charge in [-0.25, -0.2) is 0 Å². The summed E-state index contributed by atoms with van der Waals surface area (Å²) in [6.07, 6.45) is -0.583. The van der Waals surface area contributed by atoms with Crippen molar-refractivity contribution in [2.24, 2.45) is 0 Å². The van der Waals surface area contributed by atoms with Crippen molar-refractivity contribution in [1.29, 1.82) is 0 Å². The van der Waals surface area contributed by atoms with Crippen LogP contribution in [0.25, 0.3) is 0 Å². The van der Waals surface area contributed by atoms with Crippen molar-refractivity contribution in [3.05, 3.63) is 59.2 Å². The third kappa shape index (κ3) is 4.47. The van der Waals surface area contributed by atoms with Crippen molar-refractivity contribution in [1.82, 2.24) is 0 Å². The smallest absolute Gasteiger partial charge is 0.121 e. The Bertz CT molecular complexity index is 622. The molecular weight excluding hydrogens is 292 g/mol. The second kappa shape index (κ2) is 7.99. The lowest BCUT2D eigenvalue weighted by molar-refractivity contribution is -0.0100. The van der Waals surface area contributed by atoms with Crippen molar-refractivity contribution in [3.8, 4) is 11.5 Å². The van der Waals surface area contributed by atoms with Gasteiger partial charge in [-0.3, -0.25) is 0 Å². The summed E-state index contributed by atoms with van der Waals surface area (Å²) in [7, 11) is 0. The molecule has 0 radical (unpaired) electrons. The van der Waals surface area contributed by atoms with E-state index in [9.17, 15) is 15.3 Å². The first-order valence-corrected chi connectivity index (χ1v) is 7.94. The van der Waals surface area contributed by atoms with E-state index in [-0.39, 0.29) is 12.4 Å². The van der Waals surface area contributed by atoms with Gasteiger partial charge in [0.05, 0.1) is 0 Å². The molecule has 124 valence electrons. The van der Waals surface area contributed by atoms with Gasteiger partial charge in [0.25, 0.3) is 0 Å². The lowest BCUT2D eigenvalue weighted by Crippen LogP contribution is -2.25. The summed E-state index contributed by atoms with van der Waals surface area (Å²) in [4.78, 5) is 0. The molecule has 0 aliphatic heterocycles. The summed E-state index contributed by atoms with van der Waals surface area (Å²) in [5.74, 6) is 0.612. The maximum Gasteiger partial charge on any atom is 0.121 e. The third-order valence-corrected chi connectivity index (χ3v) is 3.94. The zero-order valence-electron chi connectivity index (χ0n) is 13.6. The number of benzene rings is 2. The van der Waals surface area contributed by atoms with Gasteiger partial charge >= 0.3 is 0 Å². The fourth-order valence-corrected chi connectivity index (χ4v) is 2.36. The molecule has 2 atom stereocenters. The summed E-state index contributed by atoms with van der Waals surface area (Å²) < 4.78 is 5.51. The summed E-state index contributed by atoms with van der Waals surface area (Å²) >= 11 is 0. The van der Waals surface area contributed by atoms with Crippen LogP contribution >= 0.6 is 0 Å². The highest BCUT2D eigenvalue weighted by Crippen LogP contribution is 2.28. The summed E-state index contributed by atoms with van der Waals surface area (Å²) in [5.41, 5.74) is 2.51. The molecule has 4 nitrogen and oxygen atoms in total. The number of aliphatic hydroxyl groups is 2. The largest absolute Gasteiger partial charge is 0.508 e. The maximum absolute atomic E-state index is 10.3. The molecule has 0 aromatic heterocycles. The van der Waals surface area contributed by atoms with Crippen molar-refractivity contribution >= 4 is 0 Å². The van der Waals surface area contributed by atoms with E-state index in [4.69, 9.17) is 4.74 Å². The van der Waals surface area contributed by atoms with Crippen LogP contribution in [0.2, 0.25) is 0 Å². The van der Waals surface area contributed by atoms with Crippen molar-refractivity contribution in [2.45, 2.75) is 38.9 Å². The van der Waals surface area contributed by atoms with E-state index in [0.717, 1.165) is 18.4 Å². The molecule has 4 heteroatoms. The monoisotopic (exact) mass is 316 g/mol. The molecule has 0 spiro atoms. The molecule has 2 unspecified atom stereocenters. The van der Waals surface area contributed by atoms with Crippen LogP contribution in [0.15, 0.2) is 42.5 Å². The fraction of sp³-hybridized carbons (Fsp3) is 0.368. The molecule has 0 saturated carbocycles. The van der Waals surface area contributed by atoms with Crippen LogP contribution in [0, 0.1) is 0 Å². The third-order valence-electron chi connectivity index (χ3n) is 3.94. The minimum absolute atomic E-state index is 0.0268. The highest BCUT2D eigenvalue weighted by atomic mass is 16.5. The fourth-order valence-electron chi connectivity index (χ4n) is 2.36. The zero-order chi connectivity index (χ0) is 16.8. The number of aromatic hydroxyl groups is 1. The first kappa shape index (κ1) is 17.3. The molecule has 2 rings (SSSR count). The Morgan fingerprint density at radius 2 is 1.52 bits per heavy atom. The Morgan fingerprint density at radius 1 is 0.913 bits per heavy atom. The van der Waals surface area contributed by atoms with E-state index in [0.29, 0.717) is 11.3 Å². The number of phenolic OH excluding ortho intramolecular Hbond substituents is 1. The van der Waals surface area contributed by atoms with Gasteiger partial charge in [0, 0.05) is 5.56 Å². The molecule has 0 fully saturated rings. The molecule has 0 saturated heterocycles. The molecule has 2 aromatic rings. The quantitative estimate of drug-likeness (QED) is 0.734. The number of hydrogen-bond acceptors (Lipinski definition) is 4. The van der Waals surface area contributed by atoms with E-state index in [1.54, 1.807) is 12.1 Å². The van der Waals surface area contributed by atoms with E-state index >= 15 is 0 Å². The van der Waals surface area contributed by atoms with Crippen LogP contribution in [0.5, 0.6) is 11.5 Å². The first-order valence-electron chi connectivity index (χ1n) is 7.94. The number of ether oxygens (including phenoxy) is 1. The Hall–Kier alpha value is -2.04. The second-order valence-electron chi connectivity index (χ2n) is 5.57. The average molecular weight is 316 g/mol. The molecule has 23 heavy (non-hydrogen) atoms. The van der Waals surface area contributed by atoms with Crippen LogP contribution < -0.4 is 4.74 Å². The van der Waals surface area contributed by atoms with Crippen LogP contribution in [0.1, 0.15) is 36.6 Å². The summed E-state index contributed by atoms with van der Waals surface area (Å²) in [5, 5.41) is 30.3. The van der Waals surface area contributed by atoms with Crippen LogP contribution in [-0.4, -0.2) is 28.0 Å². The number of aliphatic hydroxyl groups excluding tert-OH is 2. The minimum atomic E-state index is -1.20. The van der Waals surface area contributed by atoms with Gasteiger partial charge < -0.3 is 20.1 Å². The van der Waals surface area contributed by atoms with Gasteiger partial charge in [0.15, 0.2) is 0 Å². The SMILES string of the molecule is CCc1ccc(OCC(O)C(O)c2cc(CC)ccc2O)cc1. The standard InChI is InChI=1S/C19H24O4/c1-3-13-5-8-15(9-6-13)23-12-18(21)19(22)16-11-14(4-2)7-10-17(16)20/h5-11,18-22H,3-4,12H2,1-2H3. The Morgan fingerprint density at radius 3 is 2.13 bits per heavy atom. The van der Waals surface area contributed by atoms with Crippen LogP contribution in [0.4, 0.5) is 0 Å². The minimum Gasteiger partial charge on any atom is -0.508 e. The molecule has 3 N–H and O–H groups in total. The van der Waals surface area contributed by atoms with Crippen LogP contribution in [-0.2, 0) is 12.8 Å². The number of hydrogen-bond donors (Lipinski definition) is 3. The van der Waals surface area contributed by atoms with Crippen molar-refractivity contribution < 1.29 is 20.1 Å². The molecule has 0 bridgehead atoms. The first-order chi connectivity index (χ1) is 11.0. The van der Waals surface area contributed by atoms with Crippen molar-refractivity contribution in [3.63, 3.8) is 0 Å². The maximum atomic E-state index is 10.3. The summed E-state index contributed by atoms with van der Waals surface area (Å²) in [6, 6.07) is 12.7. The highest BCUT2D eigenvalue weighted by molar-refractivity contribution is 5.38. The zero-order valence-corrected chi connectivity index (χ0v) is 13.6. The molecule has 0 heterocycles. The van der Waals surface area contributed by atoms with E-state index in [2.05, 4.69) is 6.92 Å². The molecule has 0 amide bonds. The molecule has 2 aromatic carbocycles. The highest BCUT2D eigenvalue weighted by Gasteiger charge is 2.22. The molecular formula is C19H24O4. The van der Waals surface area contributed by atoms with E-state index in [1.807, 2.05) is 31.2 Å². The van der Waals surface area contributed by atoms with Crippen LogP contribution in [0.3, 0.4) is 0 Å². The Balaban J connectivity index is 2.00. The predicted octanol–water partition coefficient (Wildman–Crippen LogP) is 2.99. The van der Waals surface area contributed by atoms with Crippen molar-refractivity contribution in [2.75, 3.05) is 6.61 Å². The van der Waals surface area contributed by atoms with Gasteiger partial charge in [-0.05, 0) is 48.2 Å². The topological polar surface area (TPSA) is 69.9 Å².